The van der Waals surface area contributed by atoms with Crippen molar-refractivity contribution in [1.29, 1.82) is 0 Å². The average molecular weight is 255 g/mol. The van der Waals surface area contributed by atoms with E-state index in [4.69, 9.17) is 0 Å². The van der Waals surface area contributed by atoms with E-state index in [9.17, 15) is 8.78 Å². The van der Waals surface area contributed by atoms with Crippen LogP contribution in [0.1, 0.15) is 24.2 Å². The van der Waals surface area contributed by atoms with Gasteiger partial charge >= 0.3 is 0 Å². The number of aromatic nitrogens is 2. The molecule has 0 bridgehead atoms. The van der Waals surface area contributed by atoms with Crippen LogP contribution >= 0.6 is 11.7 Å². The molecule has 1 N–H and O–H groups in total. The number of benzene rings is 1. The summed E-state index contributed by atoms with van der Waals surface area (Å²) in [6.07, 6.45) is 1.52. The third kappa shape index (κ3) is 2.48. The van der Waals surface area contributed by atoms with E-state index in [2.05, 4.69) is 14.1 Å². The van der Waals surface area contributed by atoms with Gasteiger partial charge < -0.3 is 5.32 Å². The van der Waals surface area contributed by atoms with Gasteiger partial charge in [0, 0.05) is 5.56 Å². The Kier molecular flexibility index (Phi) is 3.75. The molecule has 0 aliphatic heterocycles. The van der Waals surface area contributed by atoms with Crippen molar-refractivity contribution >= 4 is 11.7 Å². The van der Waals surface area contributed by atoms with Crippen LogP contribution in [0.3, 0.4) is 0 Å². The summed E-state index contributed by atoms with van der Waals surface area (Å²) in [5, 5.41) is 3.01. The molecule has 0 saturated heterocycles. The summed E-state index contributed by atoms with van der Waals surface area (Å²) < 4.78 is 35.3. The smallest absolute Gasteiger partial charge is 0.131 e. The van der Waals surface area contributed by atoms with Crippen molar-refractivity contribution in [3.8, 4) is 0 Å². The van der Waals surface area contributed by atoms with Gasteiger partial charge in [0.05, 0.1) is 29.7 Å². The maximum absolute atomic E-state index is 13.7. The van der Waals surface area contributed by atoms with Gasteiger partial charge in [0.2, 0.25) is 0 Å². The van der Waals surface area contributed by atoms with Crippen LogP contribution in [0.15, 0.2) is 24.4 Å². The predicted octanol–water partition coefficient (Wildman–Crippen LogP) is 2.52. The van der Waals surface area contributed by atoms with Gasteiger partial charge in [-0.1, -0.05) is 13.0 Å². The van der Waals surface area contributed by atoms with Crippen LogP contribution in [-0.2, 0) is 0 Å². The highest BCUT2D eigenvalue weighted by Gasteiger charge is 2.22. The highest BCUT2D eigenvalue weighted by Crippen LogP contribution is 2.25. The zero-order valence-electron chi connectivity index (χ0n) is 9.15. The molecule has 1 heterocycles. The molecule has 0 radical (unpaired) electrons. The second-order valence-corrected chi connectivity index (χ2v) is 4.02. The van der Waals surface area contributed by atoms with Gasteiger partial charge in [-0.2, -0.15) is 8.75 Å². The Bertz CT molecular complexity index is 467. The SMILES string of the molecule is CCNC(c1cnsn1)c1c(F)cccc1F. The first kappa shape index (κ1) is 12.1. The van der Waals surface area contributed by atoms with Crippen LogP contribution in [0.25, 0.3) is 0 Å². The maximum atomic E-state index is 13.7. The summed E-state index contributed by atoms with van der Waals surface area (Å²) in [7, 11) is 0. The lowest BCUT2D eigenvalue weighted by atomic mass is 10.0. The zero-order chi connectivity index (χ0) is 12.3. The standard InChI is InChI=1S/C11H11F2N3S/c1-2-14-11(9-6-15-17-16-9)10-7(12)4-3-5-8(10)13/h3-6,11,14H,2H2,1H3. The Morgan fingerprint density at radius 2 is 2.06 bits per heavy atom. The van der Waals surface area contributed by atoms with Gasteiger partial charge in [-0.05, 0) is 18.7 Å². The second kappa shape index (κ2) is 5.29. The van der Waals surface area contributed by atoms with Crippen LogP contribution in [0.2, 0.25) is 0 Å². The topological polar surface area (TPSA) is 37.8 Å². The van der Waals surface area contributed by atoms with Crippen LogP contribution in [0, 0.1) is 11.6 Å². The minimum Gasteiger partial charge on any atom is -0.305 e. The Morgan fingerprint density at radius 3 is 2.59 bits per heavy atom. The number of nitrogens with zero attached hydrogens (tertiary/aromatic N) is 2. The monoisotopic (exact) mass is 255 g/mol. The fourth-order valence-corrected chi connectivity index (χ4v) is 2.09. The summed E-state index contributed by atoms with van der Waals surface area (Å²) in [5.41, 5.74) is 0.517. The molecule has 0 fully saturated rings. The number of nitrogens with one attached hydrogen (secondary N) is 1. The normalized spacial score (nSPS) is 12.6. The van der Waals surface area contributed by atoms with Crippen molar-refractivity contribution in [3.05, 3.63) is 47.3 Å². The molecule has 1 unspecified atom stereocenters. The fraction of sp³-hybridized carbons (Fsp3) is 0.273. The van der Waals surface area contributed by atoms with Crippen molar-refractivity contribution < 1.29 is 8.78 Å². The quantitative estimate of drug-likeness (QED) is 0.912. The predicted molar refractivity (Wildman–Crippen MR) is 61.8 cm³/mol. The summed E-state index contributed by atoms with van der Waals surface area (Å²) >= 11 is 1.02. The van der Waals surface area contributed by atoms with Crippen molar-refractivity contribution in [1.82, 2.24) is 14.1 Å². The first-order valence-electron chi connectivity index (χ1n) is 5.18. The van der Waals surface area contributed by atoms with Crippen molar-refractivity contribution in [2.45, 2.75) is 13.0 Å². The minimum atomic E-state index is -0.597. The molecular formula is C11H11F2N3S. The Labute approximate surface area is 102 Å². The Balaban J connectivity index is 2.46. The number of hydrogen-bond acceptors (Lipinski definition) is 4. The third-order valence-corrected chi connectivity index (χ3v) is 2.86. The molecule has 2 aromatic rings. The molecule has 17 heavy (non-hydrogen) atoms. The van der Waals surface area contributed by atoms with E-state index in [0.29, 0.717) is 12.2 Å². The lowest BCUT2D eigenvalue weighted by Crippen LogP contribution is -2.24. The van der Waals surface area contributed by atoms with Crippen LogP contribution < -0.4 is 5.32 Å². The summed E-state index contributed by atoms with van der Waals surface area (Å²) in [6.45, 7) is 2.45. The van der Waals surface area contributed by atoms with Gasteiger partial charge in [-0.25, -0.2) is 8.78 Å². The highest BCUT2D eigenvalue weighted by atomic mass is 32.1. The number of hydrogen-bond donors (Lipinski definition) is 1. The molecule has 6 heteroatoms. The third-order valence-electron chi connectivity index (χ3n) is 2.37. The van der Waals surface area contributed by atoms with E-state index in [1.54, 1.807) is 0 Å². The van der Waals surface area contributed by atoms with E-state index in [1.165, 1.54) is 24.4 Å². The molecule has 0 aliphatic carbocycles. The molecule has 1 aromatic heterocycles. The summed E-state index contributed by atoms with van der Waals surface area (Å²) in [6, 6.07) is 3.22. The molecule has 0 saturated carbocycles. The molecule has 3 nitrogen and oxygen atoms in total. The molecule has 2 rings (SSSR count). The van der Waals surface area contributed by atoms with Crippen molar-refractivity contribution in [2.75, 3.05) is 6.54 Å². The van der Waals surface area contributed by atoms with E-state index in [-0.39, 0.29) is 5.56 Å². The number of halogens is 2. The first-order valence-corrected chi connectivity index (χ1v) is 5.91. The highest BCUT2D eigenvalue weighted by molar-refractivity contribution is 6.99. The molecule has 90 valence electrons. The molecular weight excluding hydrogens is 244 g/mol. The van der Waals surface area contributed by atoms with Gasteiger partial charge in [0.25, 0.3) is 0 Å². The maximum Gasteiger partial charge on any atom is 0.131 e. The fourth-order valence-electron chi connectivity index (χ4n) is 1.64. The largest absolute Gasteiger partial charge is 0.305 e. The Morgan fingerprint density at radius 1 is 1.35 bits per heavy atom. The zero-order valence-corrected chi connectivity index (χ0v) is 9.97. The van der Waals surface area contributed by atoms with Crippen molar-refractivity contribution in [3.63, 3.8) is 0 Å². The van der Waals surface area contributed by atoms with E-state index in [1.807, 2.05) is 6.92 Å². The summed E-state index contributed by atoms with van der Waals surface area (Å²) in [4.78, 5) is 0. The van der Waals surface area contributed by atoms with Crippen molar-refractivity contribution in [2.24, 2.45) is 0 Å². The van der Waals surface area contributed by atoms with E-state index in [0.717, 1.165) is 11.7 Å². The molecule has 1 atom stereocenters. The van der Waals surface area contributed by atoms with Gasteiger partial charge in [0.15, 0.2) is 0 Å². The Hall–Kier alpha value is -1.40. The minimum absolute atomic E-state index is 0.0120. The second-order valence-electron chi connectivity index (χ2n) is 3.46. The molecule has 0 amide bonds. The van der Waals surface area contributed by atoms with E-state index < -0.39 is 17.7 Å². The van der Waals surface area contributed by atoms with Gasteiger partial charge in [-0.3, -0.25) is 0 Å². The average Bonchev–Trinajstić information content (AvgIpc) is 2.80. The molecule has 0 spiro atoms. The number of rotatable bonds is 4. The molecule has 1 aromatic carbocycles. The van der Waals surface area contributed by atoms with Crippen LogP contribution in [0.5, 0.6) is 0 Å². The van der Waals surface area contributed by atoms with Crippen LogP contribution in [0.4, 0.5) is 8.78 Å². The lowest BCUT2D eigenvalue weighted by molar-refractivity contribution is 0.506. The van der Waals surface area contributed by atoms with Gasteiger partial charge in [-0.15, -0.1) is 0 Å². The lowest BCUT2D eigenvalue weighted by Gasteiger charge is -2.17. The summed E-state index contributed by atoms with van der Waals surface area (Å²) in [5.74, 6) is -1.16. The first-order chi connectivity index (χ1) is 8.24. The van der Waals surface area contributed by atoms with Crippen LogP contribution in [-0.4, -0.2) is 15.3 Å². The molecule has 0 aliphatic rings. The van der Waals surface area contributed by atoms with E-state index >= 15 is 0 Å². The van der Waals surface area contributed by atoms with Gasteiger partial charge in [0.1, 0.15) is 11.6 Å².